The molecule has 32 heavy (non-hydrogen) atoms. The average Bonchev–Trinajstić information content (AvgIpc) is 2.80. The maximum Gasteiger partial charge on any atom is 0.166 e. The van der Waals surface area contributed by atoms with E-state index in [0.717, 1.165) is 30.9 Å². The van der Waals surface area contributed by atoms with Crippen LogP contribution in [0.15, 0.2) is 60.8 Å². The quantitative estimate of drug-likeness (QED) is 0.245. The molecule has 0 aliphatic heterocycles. The van der Waals surface area contributed by atoms with Crippen molar-refractivity contribution in [2.75, 3.05) is 0 Å². The third kappa shape index (κ3) is 4.50. The summed E-state index contributed by atoms with van der Waals surface area (Å²) in [5.74, 6) is 1.74. The summed E-state index contributed by atoms with van der Waals surface area (Å²) in [6, 6.07) is 12.9. The Labute approximate surface area is 183 Å². The van der Waals surface area contributed by atoms with Crippen molar-refractivity contribution in [3.63, 3.8) is 0 Å². The molecular weight excluding hydrogens is 414 g/mol. The van der Waals surface area contributed by atoms with Gasteiger partial charge in [0, 0.05) is 22.7 Å². The van der Waals surface area contributed by atoms with E-state index < -0.39 is 23.3 Å². The second-order valence-electron chi connectivity index (χ2n) is 7.52. The van der Waals surface area contributed by atoms with Crippen molar-refractivity contribution >= 4 is 10.8 Å². The molecule has 4 aromatic rings. The number of hydrogen-bond acceptors (Lipinski definition) is 1. The van der Waals surface area contributed by atoms with Crippen LogP contribution >= 0.6 is 0 Å². The van der Waals surface area contributed by atoms with Gasteiger partial charge in [-0.2, -0.15) is 0 Å². The highest BCUT2D eigenvalue weighted by molar-refractivity contribution is 5.84. The van der Waals surface area contributed by atoms with Crippen molar-refractivity contribution in [3.8, 4) is 23.1 Å². The van der Waals surface area contributed by atoms with Gasteiger partial charge in [-0.05, 0) is 60.2 Å². The minimum absolute atomic E-state index is 0.116. The molecule has 4 rings (SSSR count). The van der Waals surface area contributed by atoms with Crippen LogP contribution in [-0.4, -0.2) is 4.98 Å². The van der Waals surface area contributed by atoms with E-state index in [-0.39, 0.29) is 10.9 Å². The molecule has 1 aromatic heterocycles. The molecule has 0 radical (unpaired) electrons. The number of unbranched alkanes of at least 4 members (excludes halogenated alkanes) is 1. The van der Waals surface area contributed by atoms with Crippen LogP contribution in [0, 0.1) is 35.1 Å². The minimum Gasteiger partial charge on any atom is -0.256 e. The first-order chi connectivity index (χ1) is 15.5. The molecule has 160 valence electrons. The number of aryl methyl sites for hydroxylation is 1. The van der Waals surface area contributed by atoms with Crippen molar-refractivity contribution in [2.24, 2.45) is 0 Å². The standard InChI is InChI=1S/C27H19F4N/c1-2-3-4-18-7-12-26(32-16-18)20-14-24(29)22(25(30)15-20)10-6-17-5-9-21-19(13-17)8-11-23(28)27(21)31/h5,7-9,11-16H,2-4H2,1H3. The van der Waals surface area contributed by atoms with Gasteiger partial charge in [0.2, 0.25) is 0 Å². The topological polar surface area (TPSA) is 12.9 Å². The molecule has 0 spiro atoms. The highest BCUT2D eigenvalue weighted by Gasteiger charge is 2.12. The van der Waals surface area contributed by atoms with Crippen LogP contribution < -0.4 is 0 Å². The van der Waals surface area contributed by atoms with E-state index in [1.54, 1.807) is 18.3 Å². The average molecular weight is 433 g/mol. The first kappa shape index (κ1) is 21.6. The van der Waals surface area contributed by atoms with Crippen molar-refractivity contribution in [1.29, 1.82) is 0 Å². The van der Waals surface area contributed by atoms with Gasteiger partial charge in [-0.3, -0.25) is 4.98 Å². The van der Waals surface area contributed by atoms with Crippen LogP contribution in [0.2, 0.25) is 0 Å². The minimum atomic E-state index is -0.943. The number of benzene rings is 3. The smallest absolute Gasteiger partial charge is 0.166 e. The fraction of sp³-hybridized carbons (Fsp3) is 0.148. The zero-order chi connectivity index (χ0) is 22.7. The molecule has 1 heterocycles. The number of pyridine rings is 1. The lowest BCUT2D eigenvalue weighted by Crippen LogP contribution is -1.94. The molecule has 0 aliphatic rings. The molecule has 0 saturated heterocycles. The van der Waals surface area contributed by atoms with Gasteiger partial charge in [-0.1, -0.05) is 43.4 Å². The van der Waals surface area contributed by atoms with Gasteiger partial charge in [0.15, 0.2) is 11.6 Å². The van der Waals surface area contributed by atoms with Crippen molar-refractivity contribution in [2.45, 2.75) is 26.2 Å². The number of hydrogen-bond donors (Lipinski definition) is 0. The van der Waals surface area contributed by atoms with Gasteiger partial charge in [0.05, 0.1) is 11.3 Å². The van der Waals surface area contributed by atoms with Gasteiger partial charge in [0.25, 0.3) is 0 Å². The number of rotatable bonds is 4. The fourth-order valence-electron chi connectivity index (χ4n) is 3.44. The summed E-state index contributed by atoms with van der Waals surface area (Å²) in [6.45, 7) is 2.11. The normalized spacial score (nSPS) is 10.8. The van der Waals surface area contributed by atoms with E-state index in [4.69, 9.17) is 0 Å². The number of aromatic nitrogens is 1. The molecule has 0 saturated carbocycles. The molecular formula is C27H19F4N. The summed E-state index contributed by atoms with van der Waals surface area (Å²) in [5.41, 5.74) is 1.95. The molecule has 0 bridgehead atoms. The zero-order valence-corrected chi connectivity index (χ0v) is 17.4. The third-order valence-electron chi connectivity index (χ3n) is 5.22. The summed E-state index contributed by atoms with van der Waals surface area (Å²) in [6.07, 6.45) is 4.77. The van der Waals surface area contributed by atoms with Crippen LogP contribution in [0.1, 0.15) is 36.5 Å². The Morgan fingerprint density at radius 1 is 0.812 bits per heavy atom. The molecule has 0 fully saturated rings. The summed E-state index contributed by atoms with van der Waals surface area (Å²) >= 11 is 0. The summed E-state index contributed by atoms with van der Waals surface area (Å²) in [7, 11) is 0. The summed E-state index contributed by atoms with van der Waals surface area (Å²) in [5, 5.41) is 0.561. The summed E-state index contributed by atoms with van der Waals surface area (Å²) in [4.78, 5) is 4.32. The van der Waals surface area contributed by atoms with Crippen LogP contribution in [0.25, 0.3) is 22.0 Å². The van der Waals surface area contributed by atoms with Crippen LogP contribution in [0.5, 0.6) is 0 Å². The first-order valence-corrected chi connectivity index (χ1v) is 10.3. The first-order valence-electron chi connectivity index (χ1n) is 10.3. The Kier molecular flexibility index (Phi) is 6.23. The second-order valence-corrected chi connectivity index (χ2v) is 7.52. The lowest BCUT2D eigenvalue weighted by atomic mass is 10.0. The predicted octanol–water partition coefficient (Wildman–Crippen LogP) is 7.20. The van der Waals surface area contributed by atoms with E-state index >= 15 is 0 Å². The number of nitrogens with zero attached hydrogens (tertiary/aromatic N) is 1. The van der Waals surface area contributed by atoms with Gasteiger partial charge in [0.1, 0.15) is 11.6 Å². The Morgan fingerprint density at radius 2 is 1.59 bits per heavy atom. The predicted molar refractivity (Wildman–Crippen MR) is 118 cm³/mol. The number of fused-ring (bicyclic) bond motifs is 1. The Hall–Kier alpha value is -3.65. The van der Waals surface area contributed by atoms with E-state index in [9.17, 15) is 17.6 Å². The van der Waals surface area contributed by atoms with Crippen LogP contribution in [0.4, 0.5) is 17.6 Å². The van der Waals surface area contributed by atoms with Gasteiger partial charge >= 0.3 is 0 Å². The monoisotopic (exact) mass is 433 g/mol. The van der Waals surface area contributed by atoms with E-state index in [0.29, 0.717) is 22.2 Å². The molecule has 3 aromatic carbocycles. The molecule has 0 aliphatic carbocycles. The van der Waals surface area contributed by atoms with Crippen LogP contribution in [-0.2, 0) is 6.42 Å². The van der Waals surface area contributed by atoms with E-state index in [1.165, 1.54) is 30.3 Å². The van der Waals surface area contributed by atoms with Crippen molar-refractivity contribution in [3.05, 3.63) is 101 Å². The van der Waals surface area contributed by atoms with Crippen LogP contribution in [0.3, 0.4) is 0 Å². The Balaban J connectivity index is 1.62. The highest BCUT2D eigenvalue weighted by atomic mass is 19.2. The summed E-state index contributed by atoms with van der Waals surface area (Å²) < 4.78 is 56.4. The Morgan fingerprint density at radius 3 is 2.28 bits per heavy atom. The lowest BCUT2D eigenvalue weighted by molar-refractivity contribution is 0.517. The van der Waals surface area contributed by atoms with Gasteiger partial charge in [-0.25, -0.2) is 17.6 Å². The van der Waals surface area contributed by atoms with Crippen molar-refractivity contribution in [1.82, 2.24) is 4.98 Å². The SMILES string of the molecule is CCCCc1ccc(-c2cc(F)c(C#Cc3ccc4c(F)c(F)ccc4c3)c(F)c2)nc1. The largest absolute Gasteiger partial charge is 0.256 e. The molecule has 0 N–H and O–H groups in total. The van der Waals surface area contributed by atoms with Gasteiger partial charge < -0.3 is 0 Å². The molecule has 5 heteroatoms. The molecule has 0 atom stereocenters. The van der Waals surface area contributed by atoms with E-state index in [1.807, 2.05) is 6.07 Å². The van der Waals surface area contributed by atoms with Gasteiger partial charge in [-0.15, -0.1) is 0 Å². The van der Waals surface area contributed by atoms with E-state index in [2.05, 4.69) is 23.7 Å². The molecule has 0 unspecified atom stereocenters. The highest BCUT2D eigenvalue weighted by Crippen LogP contribution is 2.24. The molecule has 0 amide bonds. The lowest BCUT2D eigenvalue weighted by Gasteiger charge is -2.06. The third-order valence-corrected chi connectivity index (χ3v) is 5.22. The maximum atomic E-state index is 14.6. The second kappa shape index (κ2) is 9.23. The van der Waals surface area contributed by atoms with Crippen molar-refractivity contribution < 1.29 is 17.6 Å². The number of halogens is 4. The zero-order valence-electron chi connectivity index (χ0n) is 17.4. The maximum absolute atomic E-state index is 14.6. The Bertz CT molecular complexity index is 1330. The fourth-order valence-corrected chi connectivity index (χ4v) is 3.44. The molecule has 1 nitrogen and oxygen atoms in total.